The minimum absolute atomic E-state index is 0.0484. The molecule has 0 saturated heterocycles. The Morgan fingerprint density at radius 3 is 3.00 bits per heavy atom. The van der Waals surface area contributed by atoms with Crippen LogP contribution in [0, 0.1) is 0 Å². The number of aliphatic hydroxyl groups excluding tert-OH is 1. The van der Waals surface area contributed by atoms with Crippen LogP contribution in [-0.4, -0.2) is 23.2 Å². The number of halogens is 1. The predicted molar refractivity (Wildman–Crippen MR) is 50.6 cm³/mol. The predicted octanol–water partition coefficient (Wildman–Crippen LogP) is 0.524. The molecule has 1 aromatic rings. The summed E-state index contributed by atoms with van der Waals surface area (Å²) in [6.07, 6.45) is -0.129. The van der Waals surface area contributed by atoms with Crippen molar-refractivity contribution in [3.63, 3.8) is 0 Å². The molecule has 0 fully saturated rings. The van der Waals surface area contributed by atoms with Gasteiger partial charge in [0.15, 0.2) is 6.10 Å². The van der Waals surface area contributed by atoms with Crippen LogP contribution in [-0.2, 0) is 9.53 Å². The zero-order valence-corrected chi connectivity index (χ0v) is 8.15. The molecule has 0 aliphatic rings. The van der Waals surface area contributed by atoms with Crippen LogP contribution in [0.3, 0.4) is 0 Å². The number of methoxy groups -OCH3 is 1. The fourth-order valence-electron chi connectivity index (χ4n) is 0.923. The van der Waals surface area contributed by atoms with Crippen LogP contribution in [0.1, 0.15) is 11.7 Å². The first kappa shape index (κ1) is 10.7. The molecule has 1 atom stereocenters. The molecule has 76 valence electrons. The van der Waals surface area contributed by atoms with Gasteiger partial charge in [-0.25, -0.2) is 9.78 Å². The molecule has 0 saturated carbocycles. The molecule has 0 aliphatic carbocycles. The highest BCUT2D eigenvalue weighted by Gasteiger charge is 2.21. The van der Waals surface area contributed by atoms with Crippen molar-refractivity contribution in [1.82, 2.24) is 4.98 Å². The van der Waals surface area contributed by atoms with Crippen molar-refractivity contribution < 1.29 is 14.6 Å². The van der Waals surface area contributed by atoms with Crippen LogP contribution < -0.4 is 5.73 Å². The van der Waals surface area contributed by atoms with E-state index in [9.17, 15) is 9.90 Å². The fourth-order valence-corrected chi connectivity index (χ4v) is 1.09. The zero-order chi connectivity index (χ0) is 10.7. The number of rotatable bonds is 2. The summed E-state index contributed by atoms with van der Waals surface area (Å²) in [4.78, 5) is 14.7. The topological polar surface area (TPSA) is 85.4 Å². The summed E-state index contributed by atoms with van der Waals surface area (Å²) < 4.78 is 4.35. The van der Waals surface area contributed by atoms with Gasteiger partial charge in [-0.2, -0.15) is 0 Å². The third-order valence-corrected chi connectivity index (χ3v) is 1.84. The SMILES string of the molecule is COC(=O)C(O)c1cc(Cl)cnc1N. The van der Waals surface area contributed by atoms with E-state index >= 15 is 0 Å². The summed E-state index contributed by atoms with van der Waals surface area (Å²) in [7, 11) is 1.17. The van der Waals surface area contributed by atoms with Gasteiger partial charge in [0.05, 0.1) is 12.1 Å². The molecule has 1 aromatic heterocycles. The second kappa shape index (κ2) is 4.26. The van der Waals surface area contributed by atoms with Crippen molar-refractivity contribution in [3.05, 3.63) is 22.8 Å². The molecule has 1 rings (SSSR count). The quantitative estimate of drug-likeness (QED) is 0.704. The van der Waals surface area contributed by atoms with E-state index in [-0.39, 0.29) is 16.4 Å². The largest absolute Gasteiger partial charge is 0.467 e. The number of aromatic nitrogens is 1. The van der Waals surface area contributed by atoms with Gasteiger partial charge in [0.1, 0.15) is 5.82 Å². The molecule has 6 heteroatoms. The normalized spacial score (nSPS) is 12.2. The average molecular weight is 217 g/mol. The van der Waals surface area contributed by atoms with Crippen LogP contribution in [0.25, 0.3) is 0 Å². The first-order valence-corrected chi connectivity index (χ1v) is 4.11. The van der Waals surface area contributed by atoms with Crippen LogP contribution in [0.5, 0.6) is 0 Å². The number of carbonyl (C=O) groups excluding carboxylic acids is 1. The van der Waals surface area contributed by atoms with E-state index in [2.05, 4.69) is 9.72 Å². The lowest BCUT2D eigenvalue weighted by molar-refractivity contribution is -0.150. The smallest absolute Gasteiger partial charge is 0.339 e. The van der Waals surface area contributed by atoms with Crippen LogP contribution >= 0.6 is 11.6 Å². The van der Waals surface area contributed by atoms with Crippen molar-refractivity contribution in [2.75, 3.05) is 12.8 Å². The maximum atomic E-state index is 11.0. The molecule has 5 nitrogen and oxygen atoms in total. The minimum Gasteiger partial charge on any atom is -0.467 e. The Labute approximate surface area is 85.5 Å². The molecular formula is C8H9ClN2O3. The Hall–Kier alpha value is -1.33. The molecule has 0 bridgehead atoms. The third kappa shape index (κ3) is 2.12. The van der Waals surface area contributed by atoms with Gasteiger partial charge in [-0.05, 0) is 6.07 Å². The number of hydrogen-bond donors (Lipinski definition) is 2. The van der Waals surface area contributed by atoms with E-state index in [1.54, 1.807) is 0 Å². The van der Waals surface area contributed by atoms with Crippen molar-refractivity contribution in [2.45, 2.75) is 6.10 Å². The highest BCUT2D eigenvalue weighted by Crippen LogP contribution is 2.22. The van der Waals surface area contributed by atoms with Crippen molar-refractivity contribution in [3.8, 4) is 0 Å². The monoisotopic (exact) mass is 216 g/mol. The van der Waals surface area contributed by atoms with Gasteiger partial charge in [-0.3, -0.25) is 0 Å². The summed E-state index contributed by atoms with van der Waals surface area (Å²) >= 11 is 5.63. The van der Waals surface area contributed by atoms with E-state index in [0.29, 0.717) is 0 Å². The van der Waals surface area contributed by atoms with Gasteiger partial charge >= 0.3 is 5.97 Å². The number of nitrogens with zero attached hydrogens (tertiary/aromatic N) is 1. The highest BCUT2D eigenvalue weighted by molar-refractivity contribution is 6.30. The number of pyridine rings is 1. The standard InChI is InChI=1S/C8H9ClN2O3/c1-14-8(13)6(12)5-2-4(9)3-11-7(5)10/h2-3,6,12H,1H3,(H2,10,11). The minimum atomic E-state index is -1.45. The number of ether oxygens (including phenoxy) is 1. The number of aliphatic hydroxyl groups is 1. The third-order valence-electron chi connectivity index (χ3n) is 1.64. The van der Waals surface area contributed by atoms with Crippen molar-refractivity contribution >= 4 is 23.4 Å². The number of nitrogen functional groups attached to an aromatic ring is 1. The number of hydrogen-bond acceptors (Lipinski definition) is 5. The number of carbonyl (C=O) groups is 1. The van der Waals surface area contributed by atoms with E-state index < -0.39 is 12.1 Å². The van der Waals surface area contributed by atoms with Crippen LogP contribution in [0.4, 0.5) is 5.82 Å². The summed E-state index contributed by atoms with van der Waals surface area (Å²) in [5.74, 6) is -0.756. The Bertz CT molecular complexity index is 356. The van der Waals surface area contributed by atoms with Gasteiger partial charge in [-0.1, -0.05) is 11.6 Å². The maximum absolute atomic E-state index is 11.0. The second-order valence-corrected chi connectivity index (χ2v) is 2.99. The zero-order valence-electron chi connectivity index (χ0n) is 7.40. The molecule has 3 N–H and O–H groups in total. The van der Waals surface area contributed by atoms with Gasteiger partial charge < -0.3 is 15.6 Å². The van der Waals surface area contributed by atoms with E-state index in [0.717, 1.165) is 0 Å². The van der Waals surface area contributed by atoms with Gasteiger partial charge in [0.2, 0.25) is 0 Å². The van der Waals surface area contributed by atoms with E-state index in [1.165, 1.54) is 19.4 Å². The molecule has 0 aliphatic heterocycles. The lowest BCUT2D eigenvalue weighted by atomic mass is 10.1. The Balaban J connectivity index is 3.05. The first-order chi connectivity index (χ1) is 6.56. The highest BCUT2D eigenvalue weighted by atomic mass is 35.5. The molecule has 0 spiro atoms. The van der Waals surface area contributed by atoms with Gasteiger partial charge in [0, 0.05) is 11.8 Å². The summed E-state index contributed by atoms with van der Waals surface area (Å²) in [6.45, 7) is 0. The van der Waals surface area contributed by atoms with Crippen LogP contribution in [0.2, 0.25) is 5.02 Å². The molecule has 1 heterocycles. The lowest BCUT2D eigenvalue weighted by Crippen LogP contribution is -2.15. The Morgan fingerprint density at radius 2 is 2.43 bits per heavy atom. The summed E-state index contributed by atoms with van der Waals surface area (Å²) in [5.41, 5.74) is 5.59. The van der Waals surface area contributed by atoms with Crippen molar-refractivity contribution in [2.24, 2.45) is 0 Å². The van der Waals surface area contributed by atoms with Gasteiger partial charge in [-0.15, -0.1) is 0 Å². The van der Waals surface area contributed by atoms with E-state index in [4.69, 9.17) is 17.3 Å². The fraction of sp³-hybridized carbons (Fsp3) is 0.250. The Morgan fingerprint density at radius 1 is 1.79 bits per heavy atom. The summed E-state index contributed by atoms with van der Waals surface area (Å²) in [6, 6.07) is 1.37. The molecule has 14 heavy (non-hydrogen) atoms. The lowest BCUT2D eigenvalue weighted by Gasteiger charge is -2.10. The van der Waals surface area contributed by atoms with Crippen molar-refractivity contribution in [1.29, 1.82) is 0 Å². The molecule has 1 unspecified atom stereocenters. The Kier molecular flexibility index (Phi) is 3.27. The molecule has 0 aromatic carbocycles. The molecule has 0 amide bonds. The van der Waals surface area contributed by atoms with Crippen LogP contribution in [0.15, 0.2) is 12.3 Å². The molecule has 0 radical (unpaired) electrons. The number of anilines is 1. The summed E-state index contributed by atoms with van der Waals surface area (Å²) in [5, 5.41) is 9.73. The van der Waals surface area contributed by atoms with Gasteiger partial charge in [0.25, 0.3) is 0 Å². The van der Waals surface area contributed by atoms with E-state index in [1.807, 2.05) is 0 Å². The number of nitrogens with two attached hydrogens (primary N) is 1. The number of esters is 1. The average Bonchev–Trinajstić information content (AvgIpc) is 2.19. The second-order valence-electron chi connectivity index (χ2n) is 2.55. The maximum Gasteiger partial charge on any atom is 0.339 e. The molecular weight excluding hydrogens is 208 g/mol. The first-order valence-electron chi connectivity index (χ1n) is 3.73.